The summed E-state index contributed by atoms with van der Waals surface area (Å²) in [5.74, 6) is 2.41. The molecule has 3 rings (SSSR count). The Balaban J connectivity index is 1.52. The molecule has 128 valence electrons. The molecule has 0 saturated carbocycles. The predicted molar refractivity (Wildman–Crippen MR) is 98.1 cm³/mol. The first-order valence-electron chi connectivity index (χ1n) is 8.47. The van der Waals surface area contributed by atoms with Crippen molar-refractivity contribution in [1.29, 1.82) is 0 Å². The lowest BCUT2D eigenvalue weighted by atomic mass is 10.1. The lowest BCUT2D eigenvalue weighted by molar-refractivity contribution is -0.121. The van der Waals surface area contributed by atoms with Gasteiger partial charge in [-0.05, 0) is 18.1 Å². The molecule has 0 aliphatic carbocycles. The van der Waals surface area contributed by atoms with Crippen LogP contribution in [0.3, 0.4) is 0 Å². The second-order valence-electron chi connectivity index (χ2n) is 6.01. The molecule has 4 nitrogen and oxygen atoms in total. The summed E-state index contributed by atoms with van der Waals surface area (Å²) in [7, 11) is 0. The van der Waals surface area contributed by atoms with Crippen LogP contribution < -0.4 is 5.32 Å². The van der Waals surface area contributed by atoms with Gasteiger partial charge in [0.2, 0.25) is 5.91 Å². The van der Waals surface area contributed by atoms with Gasteiger partial charge in [0, 0.05) is 43.1 Å². The maximum absolute atomic E-state index is 12.2. The number of amides is 1. The van der Waals surface area contributed by atoms with E-state index in [4.69, 9.17) is 4.42 Å². The van der Waals surface area contributed by atoms with E-state index < -0.39 is 0 Å². The van der Waals surface area contributed by atoms with E-state index >= 15 is 0 Å². The predicted octanol–water partition coefficient (Wildman–Crippen LogP) is 3.12. The Morgan fingerprint density at radius 1 is 1.21 bits per heavy atom. The van der Waals surface area contributed by atoms with Crippen molar-refractivity contribution in [3.8, 4) is 0 Å². The zero-order valence-electron chi connectivity index (χ0n) is 13.8. The largest absolute Gasteiger partial charge is 0.472 e. The highest BCUT2D eigenvalue weighted by Gasteiger charge is 2.23. The Bertz CT molecular complexity index is 610. The van der Waals surface area contributed by atoms with Crippen molar-refractivity contribution in [3.05, 3.63) is 60.1 Å². The first-order chi connectivity index (χ1) is 11.8. The normalized spacial score (nSPS) is 16.7. The van der Waals surface area contributed by atoms with Gasteiger partial charge >= 0.3 is 0 Å². The Labute approximate surface area is 147 Å². The van der Waals surface area contributed by atoms with Gasteiger partial charge < -0.3 is 9.73 Å². The average Bonchev–Trinajstić information content (AvgIpc) is 3.16. The minimum Gasteiger partial charge on any atom is -0.472 e. The molecule has 0 unspecified atom stereocenters. The SMILES string of the molecule is O=C(CCc1ccccc1)NC[C@H](c1ccoc1)N1CCSCC1. The summed E-state index contributed by atoms with van der Waals surface area (Å²) in [6, 6.07) is 12.3. The number of thioether (sulfide) groups is 1. The molecule has 24 heavy (non-hydrogen) atoms. The lowest BCUT2D eigenvalue weighted by Crippen LogP contribution is -2.42. The van der Waals surface area contributed by atoms with Crippen molar-refractivity contribution >= 4 is 17.7 Å². The fraction of sp³-hybridized carbons (Fsp3) is 0.421. The van der Waals surface area contributed by atoms with Gasteiger partial charge in [-0.1, -0.05) is 30.3 Å². The molecule has 2 aromatic rings. The zero-order chi connectivity index (χ0) is 16.6. The van der Waals surface area contributed by atoms with Gasteiger partial charge in [0.1, 0.15) is 0 Å². The standard InChI is InChI=1S/C19H24N2O2S/c22-19(7-6-16-4-2-1-3-5-16)20-14-18(17-8-11-23-15-17)21-9-12-24-13-10-21/h1-5,8,11,15,18H,6-7,9-10,12-14H2,(H,20,22)/t18-/m1/s1. The van der Waals surface area contributed by atoms with Crippen LogP contribution in [-0.4, -0.2) is 41.9 Å². The molecule has 0 bridgehead atoms. The molecule has 1 atom stereocenters. The van der Waals surface area contributed by atoms with E-state index in [9.17, 15) is 4.79 Å². The fourth-order valence-electron chi connectivity index (χ4n) is 3.01. The average molecular weight is 344 g/mol. The molecule has 2 heterocycles. The highest BCUT2D eigenvalue weighted by Crippen LogP contribution is 2.24. The number of hydrogen-bond acceptors (Lipinski definition) is 4. The van der Waals surface area contributed by atoms with E-state index in [0.717, 1.165) is 36.6 Å². The summed E-state index contributed by atoms with van der Waals surface area (Å²) in [4.78, 5) is 14.7. The summed E-state index contributed by atoms with van der Waals surface area (Å²) in [6.45, 7) is 2.75. The van der Waals surface area contributed by atoms with Crippen molar-refractivity contribution in [3.63, 3.8) is 0 Å². The molecular weight excluding hydrogens is 320 g/mol. The topological polar surface area (TPSA) is 45.5 Å². The lowest BCUT2D eigenvalue weighted by Gasteiger charge is -2.34. The first kappa shape index (κ1) is 17.1. The van der Waals surface area contributed by atoms with Crippen molar-refractivity contribution in [2.75, 3.05) is 31.1 Å². The highest BCUT2D eigenvalue weighted by atomic mass is 32.2. The molecule has 0 radical (unpaired) electrons. The number of rotatable bonds is 7. The molecule has 1 aromatic carbocycles. The molecule has 1 aliphatic rings. The number of nitrogens with zero attached hydrogens (tertiary/aromatic N) is 1. The van der Waals surface area contributed by atoms with Crippen LogP contribution in [-0.2, 0) is 11.2 Å². The van der Waals surface area contributed by atoms with Crippen molar-refractivity contribution in [1.82, 2.24) is 10.2 Å². The third kappa shape index (κ3) is 4.89. The van der Waals surface area contributed by atoms with Gasteiger partial charge in [0.15, 0.2) is 0 Å². The maximum Gasteiger partial charge on any atom is 0.220 e. The zero-order valence-corrected chi connectivity index (χ0v) is 14.6. The number of aryl methyl sites for hydroxylation is 1. The molecule has 0 spiro atoms. The van der Waals surface area contributed by atoms with E-state index in [1.165, 1.54) is 5.56 Å². The van der Waals surface area contributed by atoms with Crippen molar-refractivity contribution < 1.29 is 9.21 Å². The number of nitrogens with one attached hydrogen (secondary N) is 1. The van der Waals surface area contributed by atoms with Crippen LogP contribution in [0.15, 0.2) is 53.3 Å². The number of carbonyl (C=O) groups is 1. The number of hydrogen-bond donors (Lipinski definition) is 1. The second kappa shape index (κ2) is 8.94. The van der Waals surface area contributed by atoms with Gasteiger partial charge in [0.25, 0.3) is 0 Å². The summed E-state index contributed by atoms with van der Waals surface area (Å²) in [5.41, 5.74) is 2.34. The van der Waals surface area contributed by atoms with Gasteiger partial charge in [-0.25, -0.2) is 0 Å². The quantitative estimate of drug-likeness (QED) is 0.838. The van der Waals surface area contributed by atoms with Gasteiger partial charge in [-0.3, -0.25) is 9.69 Å². The maximum atomic E-state index is 12.2. The Kier molecular flexibility index (Phi) is 6.38. The summed E-state index contributed by atoms with van der Waals surface area (Å²) in [6.07, 6.45) is 4.81. The molecular formula is C19H24N2O2S. The Morgan fingerprint density at radius 3 is 2.71 bits per heavy atom. The molecule has 5 heteroatoms. The molecule has 1 fully saturated rings. The summed E-state index contributed by atoms with van der Waals surface area (Å²) < 4.78 is 5.25. The first-order valence-corrected chi connectivity index (χ1v) is 9.63. The smallest absolute Gasteiger partial charge is 0.220 e. The van der Waals surface area contributed by atoms with E-state index in [0.29, 0.717) is 13.0 Å². The summed E-state index contributed by atoms with van der Waals surface area (Å²) >= 11 is 1.99. The minimum atomic E-state index is 0.110. The van der Waals surface area contributed by atoms with E-state index in [1.54, 1.807) is 12.5 Å². The molecule has 1 aromatic heterocycles. The third-order valence-electron chi connectivity index (χ3n) is 4.39. The van der Waals surface area contributed by atoms with Gasteiger partial charge in [0.05, 0.1) is 18.6 Å². The van der Waals surface area contributed by atoms with Crippen LogP contribution >= 0.6 is 11.8 Å². The Morgan fingerprint density at radius 2 is 2.00 bits per heavy atom. The number of benzene rings is 1. The van der Waals surface area contributed by atoms with Crippen LogP contribution in [0.5, 0.6) is 0 Å². The fourth-order valence-corrected chi connectivity index (χ4v) is 3.94. The van der Waals surface area contributed by atoms with Crippen LogP contribution in [0.25, 0.3) is 0 Å². The van der Waals surface area contributed by atoms with Crippen molar-refractivity contribution in [2.45, 2.75) is 18.9 Å². The van der Waals surface area contributed by atoms with Gasteiger partial charge in [-0.15, -0.1) is 0 Å². The van der Waals surface area contributed by atoms with E-state index in [-0.39, 0.29) is 11.9 Å². The molecule has 1 N–H and O–H groups in total. The monoisotopic (exact) mass is 344 g/mol. The third-order valence-corrected chi connectivity index (χ3v) is 5.33. The summed E-state index contributed by atoms with van der Waals surface area (Å²) in [5, 5.41) is 3.11. The van der Waals surface area contributed by atoms with Gasteiger partial charge in [-0.2, -0.15) is 11.8 Å². The van der Waals surface area contributed by atoms with Crippen LogP contribution in [0.1, 0.15) is 23.6 Å². The van der Waals surface area contributed by atoms with E-state index in [2.05, 4.69) is 22.3 Å². The number of carbonyl (C=O) groups excluding carboxylic acids is 1. The van der Waals surface area contributed by atoms with Crippen LogP contribution in [0.2, 0.25) is 0 Å². The molecule has 1 amide bonds. The van der Waals surface area contributed by atoms with E-state index in [1.807, 2.05) is 36.0 Å². The highest BCUT2D eigenvalue weighted by molar-refractivity contribution is 7.99. The number of furan rings is 1. The second-order valence-corrected chi connectivity index (χ2v) is 7.24. The molecule has 1 aliphatic heterocycles. The van der Waals surface area contributed by atoms with Crippen molar-refractivity contribution in [2.24, 2.45) is 0 Å². The molecule has 1 saturated heterocycles. The van der Waals surface area contributed by atoms with Crippen LogP contribution in [0, 0.1) is 0 Å². The Hall–Kier alpha value is -1.72. The van der Waals surface area contributed by atoms with Crippen LogP contribution in [0.4, 0.5) is 0 Å². The minimum absolute atomic E-state index is 0.110.